The van der Waals surface area contributed by atoms with Gasteiger partial charge in [0.25, 0.3) is 0 Å². The number of nitrogens with zero attached hydrogens (tertiary/aromatic N) is 1. The van der Waals surface area contributed by atoms with Crippen molar-refractivity contribution in [1.29, 1.82) is 0 Å². The average molecular weight is 421 g/mol. The zero-order valence-corrected chi connectivity index (χ0v) is 18.5. The monoisotopic (exact) mass is 420 g/mol. The van der Waals surface area contributed by atoms with Crippen LogP contribution in [0.3, 0.4) is 0 Å². The Kier molecular flexibility index (Phi) is 8.10. The minimum absolute atomic E-state index is 0.119. The molecule has 0 saturated heterocycles. The van der Waals surface area contributed by atoms with Gasteiger partial charge in [0, 0.05) is 19.8 Å². The number of anilines is 1. The average Bonchev–Trinajstić information content (AvgIpc) is 2.65. The highest BCUT2D eigenvalue weighted by Gasteiger charge is 2.20. The number of hydrogen-bond acceptors (Lipinski definition) is 4. The molecule has 0 unspecified atom stereocenters. The van der Waals surface area contributed by atoms with Crippen molar-refractivity contribution >= 4 is 33.4 Å². The Balaban J connectivity index is 1.91. The van der Waals surface area contributed by atoms with E-state index in [4.69, 9.17) is 0 Å². The standard InChI is InChI=1S/C21H28N2O3S2/c1-16-13-19(28(25,26)23(3)4)14-20(17(16)2)22-21(24)15-27-12-8-11-18-9-6-5-7-10-18/h5-7,9-10,13-14H,8,11-12,15H2,1-4H3,(H,22,24). The summed E-state index contributed by atoms with van der Waals surface area (Å²) in [5.41, 5.74) is 3.56. The quantitative estimate of drug-likeness (QED) is 0.626. The van der Waals surface area contributed by atoms with E-state index in [1.807, 2.05) is 32.0 Å². The molecule has 2 aromatic rings. The molecular formula is C21H28N2O3S2. The van der Waals surface area contributed by atoms with Crippen LogP contribution in [0.25, 0.3) is 0 Å². The Morgan fingerprint density at radius 2 is 1.79 bits per heavy atom. The van der Waals surface area contributed by atoms with Gasteiger partial charge in [0.2, 0.25) is 15.9 Å². The van der Waals surface area contributed by atoms with E-state index < -0.39 is 10.0 Å². The van der Waals surface area contributed by atoms with Crippen LogP contribution in [-0.2, 0) is 21.2 Å². The molecule has 0 atom stereocenters. The van der Waals surface area contributed by atoms with Crippen LogP contribution < -0.4 is 5.32 Å². The molecule has 2 rings (SSSR count). The predicted molar refractivity (Wildman–Crippen MR) is 118 cm³/mol. The maximum Gasteiger partial charge on any atom is 0.242 e. The van der Waals surface area contributed by atoms with Crippen LogP contribution in [0, 0.1) is 13.8 Å². The number of amides is 1. The number of carbonyl (C=O) groups excluding carboxylic acids is 1. The summed E-state index contributed by atoms with van der Waals surface area (Å²) in [4.78, 5) is 12.5. The van der Waals surface area contributed by atoms with Crippen LogP contribution in [0.2, 0.25) is 0 Å². The van der Waals surface area contributed by atoms with Crippen molar-refractivity contribution in [1.82, 2.24) is 4.31 Å². The number of nitrogens with one attached hydrogen (secondary N) is 1. The van der Waals surface area contributed by atoms with Crippen molar-refractivity contribution in [2.75, 3.05) is 30.9 Å². The van der Waals surface area contributed by atoms with Gasteiger partial charge in [0.05, 0.1) is 10.6 Å². The largest absolute Gasteiger partial charge is 0.325 e. The van der Waals surface area contributed by atoms with Gasteiger partial charge in [-0.2, -0.15) is 11.8 Å². The molecule has 0 bridgehead atoms. The summed E-state index contributed by atoms with van der Waals surface area (Å²) in [6.45, 7) is 3.72. The minimum atomic E-state index is -3.55. The molecule has 152 valence electrons. The fourth-order valence-corrected chi connectivity index (χ4v) is 4.45. The zero-order valence-electron chi connectivity index (χ0n) is 16.9. The van der Waals surface area contributed by atoms with Crippen LogP contribution >= 0.6 is 11.8 Å². The van der Waals surface area contributed by atoms with E-state index in [9.17, 15) is 13.2 Å². The van der Waals surface area contributed by atoms with Gasteiger partial charge in [-0.3, -0.25) is 4.79 Å². The topological polar surface area (TPSA) is 66.5 Å². The Hall–Kier alpha value is -1.83. The van der Waals surface area contributed by atoms with Gasteiger partial charge < -0.3 is 5.32 Å². The Labute approximate surface area is 172 Å². The van der Waals surface area contributed by atoms with Crippen molar-refractivity contribution in [3.05, 3.63) is 59.2 Å². The van der Waals surface area contributed by atoms with Gasteiger partial charge in [-0.05, 0) is 61.3 Å². The number of benzene rings is 2. The van der Waals surface area contributed by atoms with Crippen LogP contribution in [0.1, 0.15) is 23.1 Å². The summed E-state index contributed by atoms with van der Waals surface area (Å²) >= 11 is 1.59. The molecule has 28 heavy (non-hydrogen) atoms. The van der Waals surface area contributed by atoms with E-state index in [1.54, 1.807) is 17.8 Å². The summed E-state index contributed by atoms with van der Waals surface area (Å²) in [6.07, 6.45) is 2.01. The van der Waals surface area contributed by atoms with Crippen molar-refractivity contribution in [2.45, 2.75) is 31.6 Å². The van der Waals surface area contributed by atoms with Gasteiger partial charge in [0.15, 0.2) is 0 Å². The molecule has 0 heterocycles. The first-order chi connectivity index (χ1) is 13.2. The molecule has 5 nitrogen and oxygen atoms in total. The molecular weight excluding hydrogens is 392 g/mol. The summed E-state index contributed by atoms with van der Waals surface area (Å²) in [5, 5.41) is 2.87. The lowest BCUT2D eigenvalue weighted by Crippen LogP contribution is -2.23. The van der Waals surface area contributed by atoms with E-state index in [2.05, 4.69) is 17.4 Å². The molecule has 0 radical (unpaired) electrons. The van der Waals surface area contributed by atoms with Crippen molar-refractivity contribution < 1.29 is 13.2 Å². The molecule has 1 N–H and O–H groups in total. The second-order valence-corrected chi connectivity index (χ2v) is 10.1. The number of aryl methyl sites for hydroxylation is 2. The maximum absolute atomic E-state index is 12.4. The third-order valence-corrected chi connectivity index (χ3v) is 7.36. The van der Waals surface area contributed by atoms with E-state index >= 15 is 0 Å². The number of sulfonamides is 1. The lowest BCUT2D eigenvalue weighted by molar-refractivity contribution is -0.113. The fraction of sp³-hybridized carbons (Fsp3) is 0.381. The van der Waals surface area contributed by atoms with Crippen molar-refractivity contribution in [2.24, 2.45) is 0 Å². The van der Waals surface area contributed by atoms with Gasteiger partial charge in [-0.15, -0.1) is 0 Å². The molecule has 0 aliphatic rings. The van der Waals surface area contributed by atoms with Crippen LogP contribution in [0.15, 0.2) is 47.4 Å². The molecule has 0 saturated carbocycles. The molecule has 0 aromatic heterocycles. The molecule has 2 aromatic carbocycles. The molecule has 0 aliphatic heterocycles. The van der Waals surface area contributed by atoms with Crippen molar-refractivity contribution in [3.63, 3.8) is 0 Å². The highest BCUT2D eigenvalue weighted by Crippen LogP contribution is 2.25. The molecule has 0 aliphatic carbocycles. The normalized spacial score (nSPS) is 11.6. The zero-order chi connectivity index (χ0) is 20.7. The van der Waals surface area contributed by atoms with Crippen LogP contribution in [0.4, 0.5) is 5.69 Å². The van der Waals surface area contributed by atoms with Gasteiger partial charge in [-0.25, -0.2) is 12.7 Å². The molecule has 0 fully saturated rings. The number of thioether (sulfide) groups is 1. The van der Waals surface area contributed by atoms with Gasteiger partial charge in [0.1, 0.15) is 0 Å². The molecule has 1 amide bonds. The second-order valence-electron chi connectivity index (χ2n) is 6.89. The number of rotatable bonds is 9. The summed E-state index contributed by atoms with van der Waals surface area (Å²) < 4.78 is 26.0. The summed E-state index contributed by atoms with van der Waals surface area (Å²) in [6, 6.07) is 13.5. The SMILES string of the molecule is Cc1cc(S(=O)(=O)N(C)C)cc(NC(=O)CSCCCc2ccccc2)c1C. The minimum Gasteiger partial charge on any atom is -0.325 e. The first-order valence-electron chi connectivity index (χ1n) is 9.17. The fourth-order valence-electron chi connectivity index (χ4n) is 2.69. The third-order valence-electron chi connectivity index (χ3n) is 4.52. The van der Waals surface area contributed by atoms with Gasteiger partial charge >= 0.3 is 0 Å². The lowest BCUT2D eigenvalue weighted by atomic mass is 10.1. The highest BCUT2D eigenvalue weighted by atomic mass is 32.2. The number of hydrogen-bond donors (Lipinski definition) is 1. The maximum atomic E-state index is 12.4. The van der Waals surface area contributed by atoms with Crippen LogP contribution in [-0.4, -0.2) is 44.2 Å². The molecule has 0 spiro atoms. The van der Waals surface area contributed by atoms with E-state index in [0.29, 0.717) is 11.4 Å². The molecule has 7 heteroatoms. The van der Waals surface area contributed by atoms with Crippen LogP contribution in [0.5, 0.6) is 0 Å². The Morgan fingerprint density at radius 3 is 2.43 bits per heavy atom. The summed E-state index contributed by atoms with van der Waals surface area (Å²) in [5.74, 6) is 1.12. The van der Waals surface area contributed by atoms with E-state index in [-0.39, 0.29) is 10.8 Å². The Morgan fingerprint density at radius 1 is 1.11 bits per heavy atom. The second kappa shape index (κ2) is 10.1. The predicted octanol–water partition coefficient (Wildman–Crippen LogP) is 3.86. The van der Waals surface area contributed by atoms with Crippen molar-refractivity contribution in [3.8, 4) is 0 Å². The smallest absolute Gasteiger partial charge is 0.242 e. The first kappa shape index (κ1) is 22.5. The van der Waals surface area contributed by atoms with Gasteiger partial charge in [-0.1, -0.05) is 30.3 Å². The number of carbonyl (C=O) groups is 1. The Bertz CT molecular complexity index is 911. The summed E-state index contributed by atoms with van der Waals surface area (Å²) in [7, 11) is -0.558. The third kappa shape index (κ3) is 6.09. The lowest BCUT2D eigenvalue weighted by Gasteiger charge is -2.16. The van der Waals surface area contributed by atoms with E-state index in [0.717, 1.165) is 29.7 Å². The highest BCUT2D eigenvalue weighted by molar-refractivity contribution is 7.99. The first-order valence-corrected chi connectivity index (χ1v) is 11.8. The van der Waals surface area contributed by atoms with E-state index in [1.165, 1.54) is 30.0 Å².